The van der Waals surface area contributed by atoms with Gasteiger partial charge < -0.3 is 15.0 Å². The Morgan fingerprint density at radius 3 is 2.52 bits per heavy atom. The average Bonchev–Trinajstić information content (AvgIpc) is 3.16. The van der Waals surface area contributed by atoms with Crippen LogP contribution >= 0.6 is 0 Å². The molecule has 0 aliphatic rings. The minimum atomic E-state index is -4.73. The van der Waals surface area contributed by atoms with Gasteiger partial charge in [0.1, 0.15) is 0 Å². The lowest BCUT2D eigenvalue weighted by Crippen LogP contribution is -2.31. The summed E-state index contributed by atoms with van der Waals surface area (Å²) in [6, 6.07) is 15.6. The quantitative estimate of drug-likeness (QED) is 0.680. The van der Waals surface area contributed by atoms with Crippen LogP contribution < -0.4 is 5.32 Å². The van der Waals surface area contributed by atoms with Gasteiger partial charge in [-0.3, -0.25) is 4.79 Å². The maximum absolute atomic E-state index is 13.0. The number of aliphatic hydroxyl groups excluding tert-OH is 1. The number of benzene rings is 2. The van der Waals surface area contributed by atoms with Crippen molar-refractivity contribution in [3.63, 3.8) is 0 Å². The van der Waals surface area contributed by atoms with E-state index in [-0.39, 0.29) is 12.2 Å². The molecule has 0 unspecified atom stereocenters. The molecule has 2 aromatic carbocycles. The molecule has 3 aromatic rings. The van der Waals surface area contributed by atoms with Gasteiger partial charge in [0.25, 0.3) is 5.91 Å². The zero-order valence-electron chi connectivity index (χ0n) is 15.0. The van der Waals surface area contributed by atoms with E-state index in [1.165, 1.54) is 12.1 Å². The number of nitrogens with zero attached hydrogens (tertiary/aromatic N) is 2. The van der Waals surface area contributed by atoms with E-state index in [4.69, 9.17) is 5.26 Å². The Labute approximate surface area is 164 Å². The summed E-state index contributed by atoms with van der Waals surface area (Å²) in [6.45, 7) is -0.0684. The summed E-state index contributed by atoms with van der Waals surface area (Å²) in [7, 11) is 0. The van der Waals surface area contributed by atoms with Gasteiger partial charge in [-0.2, -0.15) is 18.4 Å². The standard InChI is InChI=1S/C21H16F3N3O2/c22-21(23,24)18-10-17(7-6-15(18)11-25)26-20(29)19(28)13-27-9-8-16(12-27)14-4-2-1-3-5-14/h1-10,12,19,28H,13H2,(H,26,29)/t19-/m0/s1. The summed E-state index contributed by atoms with van der Waals surface area (Å²) in [5.74, 6) is -0.849. The van der Waals surface area contributed by atoms with Crippen molar-refractivity contribution in [3.8, 4) is 17.2 Å². The second-order valence-electron chi connectivity index (χ2n) is 6.34. The fourth-order valence-electron chi connectivity index (χ4n) is 2.82. The molecule has 0 bridgehead atoms. The summed E-state index contributed by atoms with van der Waals surface area (Å²) in [5.41, 5.74) is 0.0301. The Morgan fingerprint density at radius 1 is 1.14 bits per heavy atom. The summed E-state index contributed by atoms with van der Waals surface area (Å²) < 4.78 is 40.7. The number of nitrogens with one attached hydrogen (secondary N) is 1. The minimum Gasteiger partial charge on any atom is -0.381 e. The highest BCUT2D eigenvalue weighted by Gasteiger charge is 2.34. The van der Waals surface area contributed by atoms with Crippen molar-refractivity contribution in [1.29, 1.82) is 5.26 Å². The molecule has 1 atom stereocenters. The number of carbonyl (C=O) groups is 1. The molecule has 29 heavy (non-hydrogen) atoms. The summed E-state index contributed by atoms with van der Waals surface area (Å²) in [5, 5.41) is 21.2. The van der Waals surface area contributed by atoms with Crippen LogP contribution in [0, 0.1) is 11.3 Å². The topological polar surface area (TPSA) is 78.1 Å². The van der Waals surface area contributed by atoms with Crippen LogP contribution in [-0.2, 0) is 17.5 Å². The molecule has 8 heteroatoms. The van der Waals surface area contributed by atoms with Gasteiger partial charge >= 0.3 is 6.18 Å². The lowest BCUT2D eigenvalue weighted by Gasteiger charge is -2.14. The molecule has 0 spiro atoms. The Morgan fingerprint density at radius 2 is 1.86 bits per heavy atom. The maximum atomic E-state index is 13.0. The van der Waals surface area contributed by atoms with Crippen molar-refractivity contribution in [2.24, 2.45) is 0 Å². The summed E-state index contributed by atoms with van der Waals surface area (Å²) in [4.78, 5) is 12.2. The number of amides is 1. The molecule has 0 aliphatic heterocycles. The zero-order chi connectivity index (χ0) is 21.0. The van der Waals surface area contributed by atoms with Crippen molar-refractivity contribution in [2.75, 3.05) is 5.32 Å². The van der Waals surface area contributed by atoms with Crippen LogP contribution in [-0.4, -0.2) is 21.7 Å². The monoisotopic (exact) mass is 399 g/mol. The number of rotatable bonds is 5. The molecule has 1 amide bonds. The number of halogens is 3. The highest BCUT2D eigenvalue weighted by Crippen LogP contribution is 2.33. The van der Waals surface area contributed by atoms with Crippen LogP contribution in [0.25, 0.3) is 11.1 Å². The number of anilines is 1. The predicted molar refractivity (Wildman–Crippen MR) is 101 cm³/mol. The highest BCUT2D eigenvalue weighted by atomic mass is 19.4. The Balaban J connectivity index is 1.69. The first kappa shape index (κ1) is 20.2. The fraction of sp³-hybridized carbons (Fsp3) is 0.143. The third-order valence-electron chi connectivity index (χ3n) is 4.26. The predicted octanol–water partition coefficient (Wildman–Crippen LogP) is 4.05. The second kappa shape index (κ2) is 8.20. The minimum absolute atomic E-state index is 0.0684. The van der Waals surface area contributed by atoms with Crippen molar-refractivity contribution in [1.82, 2.24) is 4.57 Å². The van der Waals surface area contributed by atoms with Crippen molar-refractivity contribution < 1.29 is 23.1 Å². The van der Waals surface area contributed by atoms with Gasteiger partial charge in [0, 0.05) is 18.1 Å². The third kappa shape index (κ3) is 4.83. The van der Waals surface area contributed by atoms with Crippen LogP contribution in [0.4, 0.5) is 18.9 Å². The normalized spacial score (nSPS) is 12.2. The lowest BCUT2D eigenvalue weighted by atomic mass is 10.1. The van der Waals surface area contributed by atoms with Crippen LogP contribution in [0.5, 0.6) is 0 Å². The van der Waals surface area contributed by atoms with Crippen LogP contribution in [0.2, 0.25) is 0 Å². The molecule has 0 saturated carbocycles. The van der Waals surface area contributed by atoms with E-state index in [0.29, 0.717) is 6.07 Å². The van der Waals surface area contributed by atoms with Crippen LogP contribution in [0.1, 0.15) is 11.1 Å². The highest BCUT2D eigenvalue weighted by molar-refractivity contribution is 5.94. The van der Waals surface area contributed by atoms with Gasteiger partial charge in [-0.15, -0.1) is 0 Å². The third-order valence-corrected chi connectivity index (χ3v) is 4.26. The maximum Gasteiger partial charge on any atom is 0.417 e. The largest absolute Gasteiger partial charge is 0.417 e. The van der Waals surface area contributed by atoms with Gasteiger partial charge in [-0.05, 0) is 35.4 Å². The zero-order valence-corrected chi connectivity index (χ0v) is 15.0. The first-order chi connectivity index (χ1) is 13.8. The van der Waals surface area contributed by atoms with E-state index >= 15 is 0 Å². The number of carbonyl (C=O) groups excluding carboxylic acids is 1. The second-order valence-corrected chi connectivity index (χ2v) is 6.34. The van der Waals surface area contributed by atoms with Gasteiger partial charge in [0.05, 0.1) is 23.7 Å². The van der Waals surface area contributed by atoms with Gasteiger partial charge in [-0.1, -0.05) is 30.3 Å². The smallest absolute Gasteiger partial charge is 0.381 e. The van der Waals surface area contributed by atoms with Crippen molar-refractivity contribution >= 4 is 11.6 Å². The fourth-order valence-corrected chi connectivity index (χ4v) is 2.82. The van der Waals surface area contributed by atoms with E-state index in [1.54, 1.807) is 17.0 Å². The number of hydrogen-bond donors (Lipinski definition) is 2. The number of nitriles is 1. The SMILES string of the molecule is N#Cc1ccc(NC(=O)[C@@H](O)Cn2ccc(-c3ccccc3)c2)cc1C(F)(F)F. The Hall–Kier alpha value is -3.57. The summed E-state index contributed by atoms with van der Waals surface area (Å²) >= 11 is 0. The first-order valence-electron chi connectivity index (χ1n) is 8.59. The molecule has 0 saturated heterocycles. The molecule has 1 aromatic heterocycles. The van der Waals surface area contributed by atoms with Crippen molar-refractivity contribution in [2.45, 2.75) is 18.8 Å². The molecular weight excluding hydrogens is 383 g/mol. The number of aromatic nitrogens is 1. The van der Waals surface area contributed by atoms with E-state index in [0.717, 1.165) is 17.2 Å². The Kier molecular flexibility index (Phi) is 5.71. The van der Waals surface area contributed by atoms with E-state index < -0.39 is 29.3 Å². The van der Waals surface area contributed by atoms with Crippen molar-refractivity contribution in [3.05, 3.63) is 78.1 Å². The van der Waals surface area contributed by atoms with E-state index in [2.05, 4.69) is 5.32 Å². The van der Waals surface area contributed by atoms with Gasteiger partial charge in [0.2, 0.25) is 0 Å². The molecule has 1 heterocycles. The number of alkyl halides is 3. The average molecular weight is 399 g/mol. The van der Waals surface area contributed by atoms with Gasteiger partial charge in [-0.25, -0.2) is 0 Å². The molecule has 5 nitrogen and oxygen atoms in total. The molecule has 2 N–H and O–H groups in total. The number of aliphatic hydroxyl groups is 1. The Bertz CT molecular complexity index is 1050. The molecule has 0 radical (unpaired) electrons. The van der Waals surface area contributed by atoms with Crippen LogP contribution in [0.3, 0.4) is 0 Å². The molecule has 0 aliphatic carbocycles. The van der Waals surface area contributed by atoms with E-state index in [1.807, 2.05) is 36.4 Å². The molecule has 148 valence electrons. The molecular formula is C21H16F3N3O2. The number of hydrogen-bond acceptors (Lipinski definition) is 3. The summed E-state index contributed by atoms with van der Waals surface area (Å²) in [6.07, 6.45) is -2.75. The van der Waals surface area contributed by atoms with E-state index in [9.17, 15) is 23.1 Å². The van der Waals surface area contributed by atoms with Gasteiger partial charge in [0.15, 0.2) is 6.10 Å². The first-order valence-corrected chi connectivity index (χ1v) is 8.59. The molecule has 3 rings (SSSR count). The molecule has 0 fully saturated rings. The lowest BCUT2D eigenvalue weighted by molar-refractivity contribution is -0.137. The van der Waals surface area contributed by atoms with Crippen LogP contribution in [0.15, 0.2) is 67.0 Å².